The van der Waals surface area contributed by atoms with Crippen molar-refractivity contribution in [3.8, 4) is 0 Å². The third-order valence-corrected chi connectivity index (χ3v) is 18.6. The lowest BCUT2D eigenvalue weighted by Gasteiger charge is -2.36. The molecule has 6 heterocycles. The first-order chi connectivity index (χ1) is 39.3. The number of amides is 4. The molecule has 0 spiro atoms. The summed E-state index contributed by atoms with van der Waals surface area (Å²) in [4.78, 5) is 77.1. The van der Waals surface area contributed by atoms with Crippen LogP contribution in [0.3, 0.4) is 0 Å². The van der Waals surface area contributed by atoms with Crippen LogP contribution in [0.2, 0.25) is 0 Å². The molecule has 6 atom stereocenters. The van der Waals surface area contributed by atoms with E-state index in [0.717, 1.165) is 51.4 Å². The van der Waals surface area contributed by atoms with Crippen LogP contribution < -0.4 is 20.4 Å². The highest BCUT2D eigenvalue weighted by Gasteiger charge is 2.44. The van der Waals surface area contributed by atoms with Crippen molar-refractivity contribution in [2.75, 3.05) is 50.2 Å². The Balaban J connectivity index is 0.873. The highest BCUT2D eigenvalue weighted by atomic mass is 19.1. The topological polar surface area (TPSA) is 181 Å². The quantitative estimate of drug-likeness (QED) is 0.0813. The fraction of sp³-hybridized carbons (Fsp3) is 0.508. The second kappa shape index (κ2) is 22.9. The molecule has 4 saturated heterocycles. The maximum atomic E-state index is 17.1. The SMILES string of the molecule is COC(=O)N[C@H](C(=O)N1CCC[C@H]1c1nc2cc([C@H]3CC[C@H](c4cc5nc([C@@H]6CCCN6C(=O)[C@@H](NC(=O)OC)C6CCCC6)[nH]c5cc4F)N3c3cc(F)c(N4CCC(c5ccccc5)CC4)c(F)c3)c(F)cc2[nH]1)C1CCCC1. The second-order valence-corrected chi connectivity index (χ2v) is 23.2. The summed E-state index contributed by atoms with van der Waals surface area (Å²) in [5, 5.41) is 5.60. The van der Waals surface area contributed by atoms with Gasteiger partial charge in [0.25, 0.3) is 0 Å². The number of H-pyrrole nitrogens is 2. The number of rotatable bonds is 13. The van der Waals surface area contributed by atoms with E-state index < -0.39 is 71.7 Å². The Morgan fingerprint density at radius 2 is 1.00 bits per heavy atom. The minimum absolute atomic E-state index is 0.0376. The molecule has 4 N–H and O–H groups in total. The number of piperidine rings is 1. The average Bonchev–Trinajstić information content (AvgIpc) is 4.48. The second-order valence-electron chi connectivity index (χ2n) is 23.2. The molecule has 2 saturated carbocycles. The number of hydrogen-bond donors (Lipinski definition) is 4. The predicted octanol–water partition coefficient (Wildman–Crippen LogP) is 11.6. The summed E-state index contributed by atoms with van der Waals surface area (Å²) in [6.07, 6.45) is 10.2. The van der Waals surface area contributed by atoms with E-state index in [0.29, 0.717) is 98.4 Å². The van der Waals surface area contributed by atoms with Crippen LogP contribution >= 0.6 is 0 Å². The molecule has 0 unspecified atom stereocenters. The molecule has 12 rings (SSSR count). The van der Waals surface area contributed by atoms with Gasteiger partial charge < -0.3 is 49.7 Å². The first kappa shape index (κ1) is 54.2. The molecule has 20 heteroatoms. The number of hydrogen-bond acceptors (Lipinski definition) is 10. The molecule has 81 heavy (non-hydrogen) atoms. The molecule has 6 aliphatic rings. The molecule has 0 bridgehead atoms. The lowest BCUT2D eigenvalue weighted by molar-refractivity contribution is -0.136. The molecular formula is C61H70F4N10O6. The molecule has 4 aromatic carbocycles. The van der Waals surface area contributed by atoms with E-state index in [1.165, 1.54) is 44.0 Å². The van der Waals surface area contributed by atoms with Crippen molar-refractivity contribution >= 4 is 57.4 Å². The number of halogens is 4. The molecular weight excluding hydrogens is 1040 g/mol. The van der Waals surface area contributed by atoms with E-state index in [-0.39, 0.29) is 64.9 Å². The molecule has 0 radical (unpaired) electrons. The van der Waals surface area contributed by atoms with Crippen LogP contribution in [0.25, 0.3) is 22.1 Å². The van der Waals surface area contributed by atoms with E-state index in [1.54, 1.807) is 31.7 Å². The van der Waals surface area contributed by atoms with Gasteiger partial charge in [0, 0.05) is 43.0 Å². The van der Waals surface area contributed by atoms with Gasteiger partial charge in [-0.3, -0.25) is 9.59 Å². The van der Waals surface area contributed by atoms with Gasteiger partial charge in [-0.2, -0.15) is 0 Å². The van der Waals surface area contributed by atoms with E-state index in [1.807, 2.05) is 18.2 Å². The van der Waals surface area contributed by atoms with E-state index in [4.69, 9.17) is 19.4 Å². The normalized spacial score (nSPS) is 22.8. The Morgan fingerprint density at radius 1 is 0.543 bits per heavy atom. The van der Waals surface area contributed by atoms with Crippen LogP contribution in [0.1, 0.15) is 161 Å². The molecule has 6 fully saturated rings. The van der Waals surface area contributed by atoms with Gasteiger partial charge in [0.05, 0.1) is 60.5 Å². The molecule has 4 amide bonds. The summed E-state index contributed by atoms with van der Waals surface area (Å²) >= 11 is 0. The first-order valence-electron chi connectivity index (χ1n) is 29.1. The van der Waals surface area contributed by atoms with E-state index in [2.05, 4.69) is 32.7 Å². The maximum Gasteiger partial charge on any atom is 0.407 e. The van der Waals surface area contributed by atoms with Gasteiger partial charge in [-0.05, 0) is 137 Å². The number of methoxy groups -OCH3 is 2. The Bertz CT molecular complexity index is 3140. The molecule has 4 aliphatic heterocycles. The summed E-state index contributed by atoms with van der Waals surface area (Å²) < 4.78 is 77.9. The van der Waals surface area contributed by atoms with Gasteiger partial charge in [0.1, 0.15) is 41.1 Å². The third kappa shape index (κ3) is 10.5. The van der Waals surface area contributed by atoms with E-state index >= 15 is 17.6 Å². The largest absolute Gasteiger partial charge is 0.453 e. The number of likely N-dealkylation sites (tertiary alicyclic amines) is 2. The fourth-order valence-electron chi connectivity index (χ4n) is 14.6. The number of aromatic nitrogens is 4. The fourth-order valence-corrected chi connectivity index (χ4v) is 14.6. The average molecular weight is 1120 g/mol. The van der Waals surface area contributed by atoms with Crippen LogP contribution in [0.15, 0.2) is 66.7 Å². The summed E-state index contributed by atoms with van der Waals surface area (Å²) in [6.45, 7) is 1.76. The standard InChI is InChI=1S/C61H70F4N10O6/c1-80-60(78)70-53(36-14-6-7-15-36)58(76)73-24-10-18-51(73)56-66-45-30-39(41(62)32-47(45)68-56)49-20-21-50(75(49)38-28-43(64)55(44(65)29-38)72-26-22-35(23-27-72)34-12-4-3-5-13-34)40-31-46-48(33-42(40)63)69-57(67-46)52-19-11-25-74(52)59(77)54(71-61(79)81-2)37-16-8-9-17-37/h3-5,12-13,28-33,35-37,49-54H,6-11,14-27H2,1-2H3,(H,66,68)(H,67,69)(H,70,78)(H,71,79)/t49-,50-,51+,52+,53+,54+/m1/s1. The van der Waals surface area contributed by atoms with Crippen LogP contribution in [-0.2, 0) is 19.1 Å². The van der Waals surface area contributed by atoms with Gasteiger partial charge in [-0.1, -0.05) is 56.0 Å². The van der Waals surface area contributed by atoms with Crippen molar-refractivity contribution in [3.05, 3.63) is 118 Å². The molecule has 6 aromatic rings. The predicted molar refractivity (Wildman–Crippen MR) is 296 cm³/mol. The van der Waals surface area contributed by atoms with Crippen LogP contribution in [0, 0.1) is 35.1 Å². The number of nitrogens with one attached hydrogen (secondary N) is 4. The summed E-state index contributed by atoms with van der Waals surface area (Å²) in [5.41, 5.74) is 3.18. The number of carbonyl (C=O) groups is 4. The summed E-state index contributed by atoms with van der Waals surface area (Å²) in [5.74, 6) is -2.10. The number of ether oxygens (including phenoxy) is 2. The third-order valence-electron chi connectivity index (χ3n) is 18.6. The minimum Gasteiger partial charge on any atom is -0.453 e. The first-order valence-corrected chi connectivity index (χ1v) is 29.1. The van der Waals surface area contributed by atoms with Crippen molar-refractivity contribution in [1.82, 2.24) is 40.4 Å². The van der Waals surface area contributed by atoms with Crippen LogP contribution in [0.5, 0.6) is 0 Å². The van der Waals surface area contributed by atoms with Gasteiger partial charge in [-0.15, -0.1) is 0 Å². The number of carbonyl (C=O) groups excluding carboxylic acids is 4. The van der Waals surface area contributed by atoms with Gasteiger partial charge in [-0.25, -0.2) is 37.1 Å². The van der Waals surface area contributed by atoms with Crippen molar-refractivity contribution < 1.29 is 46.2 Å². The smallest absolute Gasteiger partial charge is 0.407 e. The van der Waals surface area contributed by atoms with Gasteiger partial charge in [0.15, 0.2) is 11.6 Å². The Labute approximate surface area is 467 Å². The number of nitrogens with zero attached hydrogens (tertiary/aromatic N) is 6. The minimum atomic E-state index is -0.846. The summed E-state index contributed by atoms with van der Waals surface area (Å²) in [7, 11) is 2.54. The molecule has 2 aromatic heterocycles. The zero-order chi connectivity index (χ0) is 56.1. The zero-order valence-corrected chi connectivity index (χ0v) is 45.8. The molecule has 2 aliphatic carbocycles. The van der Waals surface area contributed by atoms with Gasteiger partial charge >= 0.3 is 12.2 Å². The summed E-state index contributed by atoms with van der Waals surface area (Å²) in [6, 6.07) is 14.5. The number of fused-ring (bicyclic) bond motifs is 2. The van der Waals surface area contributed by atoms with Crippen molar-refractivity contribution in [1.29, 1.82) is 0 Å². The Morgan fingerprint density at radius 3 is 1.44 bits per heavy atom. The highest BCUT2D eigenvalue weighted by Crippen LogP contribution is 2.50. The number of imidazole rings is 2. The van der Waals surface area contributed by atoms with Crippen molar-refractivity contribution in [2.45, 2.75) is 145 Å². The van der Waals surface area contributed by atoms with Gasteiger partial charge in [0.2, 0.25) is 11.8 Å². The van der Waals surface area contributed by atoms with Crippen molar-refractivity contribution in [2.24, 2.45) is 11.8 Å². The van der Waals surface area contributed by atoms with Crippen LogP contribution in [-0.4, -0.2) is 106 Å². The number of aromatic amines is 2. The molecule has 428 valence electrons. The Kier molecular flexibility index (Phi) is 15.3. The van der Waals surface area contributed by atoms with E-state index in [9.17, 15) is 19.2 Å². The lowest BCUT2D eigenvalue weighted by Crippen LogP contribution is -2.51. The molecule has 16 nitrogen and oxygen atoms in total. The lowest BCUT2D eigenvalue weighted by atomic mass is 9.89. The zero-order valence-electron chi connectivity index (χ0n) is 45.8. The number of anilines is 2. The maximum absolute atomic E-state index is 17.1. The monoisotopic (exact) mass is 1110 g/mol. The number of benzene rings is 4. The highest BCUT2D eigenvalue weighted by molar-refractivity contribution is 5.88. The number of alkyl carbamates (subject to hydrolysis) is 2. The van der Waals surface area contributed by atoms with Crippen molar-refractivity contribution in [3.63, 3.8) is 0 Å². The van der Waals surface area contributed by atoms with Crippen LogP contribution in [0.4, 0.5) is 38.5 Å². The Hall–Kier alpha value is -7.38.